The summed E-state index contributed by atoms with van der Waals surface area (Å²) in [6.45, 7) is 5.91. The highest BCUT2D eigenvalue weighted by Gasteiger charge is 2.30. The fraction of sp³-hybridized carbons (Fsp3) is 0.109. The van der Waals surface area contributed by atoms with Gasteiger partial charge in [-0.15, -0.1) is 4.33 Å². The van der Waals surface area contributed by atoms with Crippen molar-refractivity contribution in [2.45, 2.75) is 79.5 Å². The van der Waals surface area contributed by atoms with Gasteiger partial charge < -0.3 is 91.7 Å². The van der Waals surface area contributed by atoms with Gasteiger partial charge >= 0.3 is 46.4 Å². The molecule has 0 aliphatic heterocycles. The van der Waals surface area contributed by atoms with Crippen LogP contribution >= 0.6 is 12.0 Å². The molecule has 16 aromatic rings. The highest BCUT2D eigenvalue weighted by molar-refractivity contribution is 7.94. The third-order valence-corrected chi connectivity index (χ3v) is 22.7. The number of imidazole rings is 5. The third-order valence-electron chi connectivity index (χ3n) is 20.3. The molecule has 58 heteroatoms. The second-order valence-corrected chi connectivity index (χ2v) is 35.1. The van der Waals surface area contributed by atoms with E-state index in [9.17, 15) is 108 Å². The number of H-pyrrole nitrogens is 10. The summed E-state index contributed by atoms with van der Waals surface area (Å²) in [5.74, 6) is -10.3. The molecule has 0 spiro atoms. The first-order valence-electron chi connectivity index (χ1n) is 42.7. The van der Waals surface area contributed by atoms with Crippen LogP contribution in [0.15, 0.2) is 308 Å². The number of primary sulfonamides is 1. The van der Waals surface area contributed by atoms with E-state index in [0.29, 0.717) is 94.2 Å². The van der Waals surface area contributed by atoms with E-state index in [4.69, 9.17) is 25.7 Å². The summed E-state index contributed by atoms with van der Waals surface area (Å²) in [5, 5.41) is 96.3. The summed E-state index contributed by atoms with van der Waals surface area (Å²) in [6, 6.07) is 45.6. The van der Waals surface area contributed by atoms with Crippen molar-refractivity contribution in [3.63, 3.8) is 0 Å². The maximum Gasteiger partial charge on any atom is 0.335 e. The number of aromatic carboxylic acids is 3. The molecule has 5 heterocycles. The Balaban J connectivity index is 0.000000166. The number of amides is 5. The molecule has 0 saturated carbocycles. The number of carbonyl (C=O) groups is 13. The number of hydrogen-bond donors (Lipinski definition) is 21. The van der Waals surface area contributed by atoms with Crippen LogP contribution in [-0.2, 0) is 77.5 Å². The molecule has 0 radical (unpaired) electrons. The van der Waals surface area contributed by atoms with Crippen molar-refractivity contribution in [2.75, 3.05) is 26.6 Å². The minimum absolute atomic E-state index is 0.0815. The molecule has 768 valence electrons. The number of azo groups is 5. The number of sulfonamides is 1. The molecule has 150 heavy (non-hydrogen) atoms. The van der Waals surface area contributed by atoms with Crippen molar-refractivity contribution >= 4 is 231 Å². The minimum Gasteiger partial charge on any atom is -0.478 e. The van der Waals surface area contributed by atoms with Crippen LogP contribution in [0.5, 0.6) is 0 Å². The van der Waals surface area contributed by atoms with E-state index in [-0.39, 0.29) is 61.4 Å². The number of carboxylic acid groups (broad SMARTS) is 3. The number of nitrogens with zero attached hydrogens (tertiary/aromatic N) is 10. The molecule has 5 aromatic heterocycles. The molecule has 5 atom stereocenters. The Labute approximate surface area is 840 Å². The normalized spacial score (nSPS) is 12.5. The number of aromatic nitrogens is 10. The molecule has 11 aromatic carbocycles. The van der Waals surface area contributed by atoms with E-state index < -0.39 is 143 Å². The third kappa shape index (κ3) is 29.7. The van der Waals surface area contributed by atoms with E-state index in [2.05, 4.69) is 137 Å². The van der Waals surface area contributed by atoms with Gasteiger partial charge in [-0.3, -0.25) is 52.5 Å². The molecule has 0 bridgehead atoms. The van der Waals surface area contributed by atoms with Crippen molar-refractivity contribution in [3.8, 4) is 0 Å². The number of Topliss-reactive ketones (excluding diaryl/α,β-unsaturated/α-hetero) is 5. The summed E-state index contributed by atoms with van der Waals surface area (Å²) >= 11 is 0.825. The molecule has 55 nitrogen and oxygen atoms in total. The molecule has 16 rings (SSSR count). The summed E-state index contributed by atoms with van der Waals surface area (Å²) < 4.78 is 59.0. The van der Waals surface area contributed by atoms with Crippen LogP contribution in [0.3, 0.4) is 0 Å². The minimum atomic E-state index is -4.56. The average Bonchev–Trinajstić information content (AvgIpc) is 1.72. The van der Waals surface area contributed by atoms with Crippen molar-refractivity contribution in [1.29, 1.82) is 0 Å². The molecule has 5 amide bonds. The van der Waals surface area contributed by atoms with Gasteiger partial charge in [0, 0.05) is 38.7 Å². The van der Waals surface area contributed by atoms with Crippen molar-refractivity contribution in [1.82, 2.24) is 49.8 Å². The molecule has 0 saturated heterocycles. The maximum absolute atomic E-state index is 12.7. The number of carboxylic acids is 3. The van der Waals surface area contributed by atoms with Crippen LogP contribution in [0.25, 0.3) is 65.9 Å². The fourth-order valence-electron chi connectivity index (χ4n) is 13.3. The van der Waals surface area contributed by atoms with Gasteiger partial charge in [0.25, 0.3) is 39.7 Å². The molecule has 22 N–H and O–H groups in total. The topological polar surface area (TPSA) is 863 Å². The lowest BCUT2D eigenvalue weighted by Crippen LogP contribution is -2.31. The SMILES string of the molecule is CC(=O)C(N=Nc1cc(C(=O)O)cc(C(=O)O)c1)C(=O)Nc1ccc2[nH]c(=O)[nH]c2c1.CC(=O)C(N=Nc1ccc(C(=O)O)cc1)C(=O)Nc1ccc2[nH]c(=O)[nH]c2c1.CC(=O)C(N=Nc1ccc(S(N)(=O)=O)cc1)C(=O)Nc1ccc2[nH]c(=O)[nH]c2c1.CC(=O)C(N=Nc1cccc2cc(SOOO)ccc12)C(=O)Nc1ccc2[nH]c(=O)[nH]c2c1.CC(=O)C(N=Nc1ccccc1S(=O)(=O)O)C(=O)Nc1ccc2[nH]c(=O)[nH]c2c1. The average molecular weight is 2110 g/mol. The molecule has 0 aliphatic rings. The number of ketones is 5. The van der Waals surface area contributed by atoms with Gasteiger partial charge in [-0.05, 0) is 228 Å². The van der Waals surface area contributed by atoms with Gasteiger partial charge in [0.2, 0.25) is 40.2 Å². The van der Waals surface area contributed by atoms with Crippen LogP contribution in [-0.4, -0.2) is 198 Å². The standard InChI is InChI=1S/C21H17N5O6S.C19H15N5O7.C18H15N5O5.C17H16N6O5S.C17H15N5O6S/c1-11(27)19(20(28)22-13-5-8-17-18(10-13)24-21(29)23-17)26-25-16-4-2-3-12-9-14(33-32-31-30)6-7-15(12)16;1-8(25)15(16(26)20-11-2-3-13-14(7-11)22-19(31)21-13)24-23-12-5-9(17(27)28)4-10(6-12)18(29)30;1-9(24)15(23-22-11-4-2-10(3-5-11)17(26)27)16(25)19-12-6-7-13-14(8-12)21-18(28)20-13;1-9(24)15(23-22-10-2-5-12(6-3-10)29(18,27)28)16(25)19-11-4-7-13-14(8-11)21-17(26)20-13;1-9(23)15(22-21-12-4-2-3-5-14(12)29(26,27)28)16(24)18-10-6-7-11-13(8-10)20-17(25)19-11/h2-10,19,30H,1H3,(H,22,28)(H2,23,24,29);2-7,15H,1H3,(H,20,26)(H,27,28)(H,29,30)(H2,21,22,31);2-8,15H,1H3,(H,19,25)(H,26,27)(H2,20,21,28);2-8,15H,1H3,(H,19,25)(H2,18,27,28)(H2,20,21,26);2-8,15H,1H3,(H,18,24)(H2,19,20,25)(H,26,27,28). The molecule has 5 unspecified atom stereocenters. The van der Waals surface area contributed by atoms with Gasteiger partial charge in [0.15, 0.2) is 28.9 Å². The molecule has 0 aliphatic carbocycles. The van der Waals surface area contributed by atoms with Crippen LogP contribution in [0.4, 0.5) is 56.9 Å². The lowest BCUT2D eigenvalue weighted by molar-refractivity contribution is -0.432. The zero-order valence-electron chi connectivity index (χ0n) is 77.5. The Morgan fingerprint density at radius 2 is 0.627 bits per heavy atom. The second kappa shape index (κ2) is 48.5. The molecular formula is C92H78N26O29S3. The monoisotopic (exact) mass is 2110 g/mol. The van der Waals surface area contributed by atoms with Gasteiger partial charge in [-0.1, -0.05) is 35.4 Å². The predicted molar refractivity (Wildman–Crippen MR) is 535 cm³/mol. The zero-order valence-corrected chi connectivity index (χ0v) is 79.9. The highest BCUT2D eigenvalue weighted by Crippen LogP contribution is 2.33. The number of anilines is 5. The summed E-state index contributed by atoms with van der Waals surface area (Å²) in [5.41, 5.74) is 5.02. The highest BCUT2D eigenvalue weighted by atomic mass is 32.2. The number of nitrogens with two attached hydrogens (primary N) is 1. The Kier molecular flexibility index (Phi) is 35.3. The van der Waals surface area contributed by atoms with Crippen LogP contribution in [0.2, 0.25) is 0 Å². The lowest BCUT2D eigenvalue weighted by atomic mass is 10.1. The Morgan fingerprint density at radius 3 is 0.940 bits per heavy atom. The van der Waals surface area contributed by atoms with E-state index in [1.165, 1.54) is 118 Å². The van der Waals surface area contributed by atoms with Crippen molar-refractivity contribution in [3.05, 3.63) is 288 Å². The predicted octanol–water partition coefficient (Wildman–Crippen LogP) is 11.3. The van der Waals surface area contributed by atoms with Gasteiger partial charge in [0.1, 0.15) is 10.6 Å². The summed E-state index contributed by atoms with van der Waals surface area (Å²) in [4.78, 5) is 238. The van der Waals surface area contributed by atoms with Crippen molar-refractivity contribution < 1.29 is 114 Å². The van der Waals surface area contributed by atoms with Crippen molar-refractivity contribution in [2.24, 2.45) is 56.3 Å². The smallest absolute Gasteiger partial charge is 0.335 e. The number of hydrogen-bond acceptors (Lipinski definition) is 36. The Hall–Kier alpha value is -19.8. The first-order chi connectivity index (χ1) is 71.2. The van der Waals surface area contributed by atoms with Crippen LogP contribution in [0.1, 0.15) is 65.7 Å². The summed E-state index contributed by atoms with van der Waals surface area (Å²) in [7, 11) is -8.40. The largest absolute Gasteiger partial charge is 0.478 e. The van der Waals surface area contributed by atoms with Gasteiger partial charge in [0.05, 0.1) is 112 Å². The lowest BCUT2D eigenvalue weighted by Gasteiger charge is -2.10. The quantitative estimate of drug-likeness (QED) is 0.00454. The zero-order chi connectivity index (χ0) is 109. The van der Waals surface area contributed by atoms with E-state index in [1.54, 1.807) is 91.0 Å². The Morgan fingerprint density at radius 1 is 0.327 bits per heavy atom. The molecule has 0 fully saturated rings. The first kappa shape index (κ1) is 109. The second-order valence-electron chi connectivity index (χ2n) is 31.4. The number of nitrogens with one attached hydrogen (secondary N) is 15. The van der Waals surface area contributed by atoms with E-state index in [0.717, 1.165) is 60.9 Å². The Bertz CT molecular complexity index is 8740. The van der Waals surface area contributed by atoms with Crippen LogP contribution in [0, 0.1) is 0 Å². The number of rotatable bonds is 33. The fourth-order valence-corrected chi connectivity index (χ4v) is 14.8. The first-order valence-corrected chi connectivity index (χ1v) is 46.5. The number of benzene rings is 11. The van der Waals surface area contributed by atoms with Gasteiger partial charge in [-0.25, -0.2) is 57.2 Å². The number of aromatic amines is 10. The van der Waals surface area contributed by atoms with E-state index in [1.807, 2.05) is 6.07 Å². The summed E-state index contributed by atoms with van der Waals surface area (Å²) in [6.07, 6.45) is 0. The molecular weight excluding hydrogens is 2030 g/mol. The van der Waals surface area contributed by atoms with Crippen LogP contribution < -0.4 is 60.2 Å². The number of carbonyl (C=O) groups excluding carboxylic acids is 10. The van der Waals surface area contributed by atoms with E-state index >= 15 is 0 Å². The maximum atomic E-state index is 12.7. The van der Waals surface area contributed by atoms with Gasteiger partial charge in [-0.2, -0.15) is 59.6 Å². The number of fused-ring (bicyclic) bond motifs is 6.